The average Bonchev–Trinajstić information content (AvgIpc) is 2.65. The van der Waals surface area contributed by atoms with Gasteiger partial charge in [-0.25, -0.2) is 0 Å². The summed E-state index contributed by atoms with van der Waals surface area (Å²) < 4.78 is 5.73. The summed E-state index contributed by atoms with van der Waals surface area (Å²) in [5.74, 6) is 0. The molecule has 0 aromatic carbocycles. The van der Waals surface area contributed by atoms with Crippen LogP contribution in [0.1, 0.15) is 55.9 Å². The zero-order valence-corrected chi connectivity index (χ0v) is 11.4. The normalized spacial score (nSPS) is 21.3. The quantitative estimate of drug-likeness (QED) is 0.837. The van der Waals surface area contributed by atoms with Gasteiger partial charge in [-0.2, -0.15) is 0 Å². The fourth-order valence-corrected chi connectivity index (χ4v) is 2.86. The fraction of sp³-hybridized carbons (Fsp3) is 0.667. The molecule has 3 nitrogen and oxygen atoms in total. The second-order valence-corrected chi connectivity index (χ2v) is 5.32. The lowest BCUT2D eigenvalue weighted by atomic mass is 9.85. The predicted octanol–water partition coefficient (Wildman–Crippen LogP) is 3.16. The third kappa shape index (κ3) is 2.73. The smallest absolute Gasteiger partial charge is 0.109 e. The maximum atomic E-state index is 10.6. The summed E-state index contributed by atoms with van der Waals surface area (Å²) in [6, 6.07) is 3.90. The molecule has 0 aliphatic heterocycles. The molecule has 18 heavy (non-hydrogen) atoms. The Bertz CT molecular complexity index is 367. The Morgan fingerprint density at radius 1 is 1.22 bits per heavy atom. The molecular weight excluding hydrogens is 226 g/mol. The molecule has 1 fully saturated rings. The summed E-state index contributed by atoms with van der Waals surface area (Å²) in [6.07, 6.45) is 7.79. The van der Waals surface area contributed by atoms with Gasteiger partial charge in [0.1, 0.15) is 6.10 Å². The van der Waals surface area contributed by atoms with Gasteiger partial charge < -0.3 is 9.84 Å². The lowest BCUT2D eigenvalue weighted by Crippen LogP contribution is -2.38. The van der Waals surface area contributed by atoms with Crippen LogP contribution in [0, 0.1) is 6.92 Å². The molecule has 1 heterocycles. The molecule has 0 amide bonds. The number of hydrogen-bond acceptors (Lipinski definition) is 3. The lowest BCUT2D eigenvalue weighted by Gasteiger charge is -2.36. The minimum atomic E-state index is -0.575. The van der Waals surface area contributed by atoms with Gasteiger partial charge in [0, 0.05) is 24.6 Å². The second-order valence-electron chi connectivity index (χ2n) is 5.32. The van der Waals surface area contributed by atoms with E-state index in [1.807, 2.05) is 19.1 Å². The van der Waals surface area contributed by atoms with Gasteiger partial charge in [0.2, 0.25) is 0 Å². The molecule has 1 aliphatic rings. The minimum absolute atomic E-state index is 0.423. The largest absolute Gasteiger partial charge is 0.385 e. The third-order valence-corrected chi connectivity index (χ3v) is 4.10. The maximum Gasteiger partial charge on any atom is 0.109 e. The molecule has 2 rings (SSSR count). The highest BCUT2D eigenvalue weighted by molar-refractivity contribution is 5.19. The summed E-state index contributed by atoms with van der Waals surface area (Å²) in [4.78, 5) is 4.27. The number of methoxy groups -OCH3 is 1. The number of pyridine rings is 1. The van der Waals surface area contributed by atoms with Gasteiger partial charge in [0.25, 0.3) is 0 Å². The number of rotatable bonds is 3. The molecule has 1 aromatic rings. The predicted molar refractivity (Wildman–Crippen MR) is 71.4 cm³/mol. The van der Waals surface area contributed by atoms with Crippen LogP contribution in [0.2, 0.25) is 0 Å². The van der Waals surface area contributed by atoms with Gasteiger partial charge in [0.05, 0.1) is 5.60 Å². The first-order valence-electron chi connectivity index (χ1n) is 6.84. The summed E-state index contributed by atoms with van der Waals surface area (Å²) in [7, 11) is 1.72. The molecule has 0 spiro atoms. The van der Waals surface area contributed by atoms with Crippen molar-refractivity contribution in [1.82, 2.24) is 4.98 Å². The maximum absolute atomic E-state index is 10.6. The molecule has 1 atom stereocenters. The van der Waals surface area contributed by atoms with E-state index >= 15 is 0 Å². The first kappa shape index (κ1) is 13.5. The number of hydrogen-bond donors (Lipinski definition) is 1. The van der Waals surface area contributed by atoms with Gasteiger partial charge in [-0.3, -0.25) is 4.98 Å². The van der Waals surface area contributed by atoms with Crippen LogP contribution < -0.4 is 0 Å². The van der Waals surface area contributed by atoms with E-state index in [9.17, 15) is 5.11 Å². The zero-order chi connectivity index (χ0) is 13.0. The van der Waals surface area contributed by atoms with Crippen molar-refractivity contribution in [2.45, 2.75) is 57.2 Å². The van der Waals surface area contributed by atoms with Gasteiger partial charge in [-0.15, -0.1) is 0 Å². The summed E-state index contributed by atoms with van der Waals surface area (Å²) in [6.45, 7) is 1.95. The Morgan fingerprint density at radius 2 is 1.89 bits per heavy atom. The third-order valence-electron chi connectivity index (χ3n) is 4.10. The van der Waals surface area contributed by atoms with E-state index in [0.29, 0.717) is 0 Å². The molecular formula is C15H23NO2. The molecule has 0 saturated heterocycles. The zero-order valence-electron chi connectivity index (χ0n) is 11.4. The summed E-state index contributed by atoms with van der Waals surface area (Å²) in [5.41, 5.74) is 1.41. The average molecular weight is 249 g/mol. The summed E-state index contributed by atoms with van der Waals surface area (Å²) in [5, 5.41) is 10.6. The first-order chi connectivity index (χ1) is 8.68. The fourth-order valence-electron chi connectivity index (χ4n) is 2.86. The molecule has 1 aliphatic carbocycles. The highest BCUT2D eigenvalue weighted by atomic mass is 16.5. The molecule has 1 N–H and O–H groups in total. The van der Waals surface area contributed by atoms with Gasteiger partial charge in [-0.05, 0) is 25.8 Å². The number of aryl methyl sites for hydroxylation is 1. The van der Waals surface area contributed by atoms with Crippen molar-refractivity contribution in [3.05, 3.63) is 29.6 Å². The number of aliphatic hydroxyl groups excluding tert-OH is 1. The van der Waals surface area contributed by atoms with Crippen molar-refractivity contribution in [3.63, 3.8) is 0 Å². The Labute approximate surface area is 109 Å². The number of nitrogens with zero attached hydrogens (tertiary/aromatic N) is 1. The molecule has 1 saturated carbocycles. The standard InChI is InChI=1S/C15H23NO2/c1-12-7-8-13(11-16-12)14(17)15(18-2)9-5-3-4-6-10-15/h7-8,11,14,17H,3-6,9-10H2,1-2H3. The monoisotopic (exact) mass is 249 g/mol. The number of aromatic nitrogens is 1. The van der Waals surface area contributed by atoms with Crippen molar-refractivity contribution >= 4 is 0 Å². The number of aliphatic hydroxyl groups is 1. The van der Waals surface area contributed by atoms with E-state index in [4.69, 9.17) is 4.74 Å². The molecule has 100 valence electrons. The van der Waals surface area contributed by atoms with Crippen molar-refractivity contribution in [1.29, 1.82) is 0 Å². The highest BCUT2D eigenvalue weighted by Crippen LogP contribution is 2.39. The van der Waals surface area contributed by atoms with Crippen molar-refractivity contribution in [3.8, 4) is 0 Å². The molecule has 3 heteroatoms. The van der Waals surface area contributed by atoms with E-state index in [0.717, 1.165) is 36.9 Å². The van der Waals surface area contributed by atoms with Crippen LogP contribution in [0.15, 0.2) is 18.3 Å². The van der Waals surface area contributed by atoms with Gasteiger partial charge >= 0.3 is 0 Å². The van der Waals surface area contributed by atoms with Crippen LogP contribution in [0.3, 0.4) is 0 Å². The van der Waals surface area contributed by atoms with Gasteiger partial charge in [-0.1, -0.05) is 31.7 Å². The Kier molecular flexibility index (Phi) is 4.36. The molecule has 0 radical (unpaired) electrons. The first-order valence-corrected chi connectivity index (χ1v) is 6.84. The Morgan fingerprint density at radius 3 is 2.39 bits per heavy atom. The van der Waals surface area contributed by atoms with Crippen molar-refractivity contribution in [2.75, 3.05) is 7.11 Å². The van der Waals surface area contributed by atoms with E-state index in [1.165, 1.54) is 12.8 Å². The van der Waals surface area contributed by atoms with E-state index in [2.05, 4.69) is 4.98 Å². The van der Waals surface area contributed by atoms with E-state index in [-0.39, 0.29) is 0 Å². The van der Waals surface area contributed by atoms with Crippen LogP contribution in [0.25, 0.3) is 0 Å². The Hall–Kier alpha value is -0.930. The van der Waals surface area contributed by atoms with Crippen LogP contribution in [0.5, 0.6) is 0 Å². The SMILES string of the molecule is COC1(C(O)c2ccc(C)nc2)CCCCCC1. The Balaban J connectivity index is 2.22. The van der Waals surface area contributed by atoms with Crippen LogP contribution in [0.4, 0.5) is 0 Å². The molecule has 1 aromatic heterocycles. The van der Waals surface area contributed by atoms with Crippen LogP contribution in [-0.4, -0.2) is 22.8 Å². The summed E-state index contributed by atoms with van der Waals surface area (Å²) >= 11 is 0. The highest BCUT2D eigenvalue weighted by Gasteiger charge is 2.39. The topological polar surface area (TPSA) is 42.4 Å². The van der Waals surface area contributed by atoms with E-state index < -0.39 is 11.7 Å². The van der Waals surface area contributed by atoms with Crippen LogP contribution >= 0.6 is 0 Å². The van der Waals surface area contributed by atoms with E-state index in [1.54, 1.807) is 13.3 Å². The molecule has 1 unspecified atom stereocenters. The van der Waals surface area contributed by atoms with Gasteiger partial charge in [0.15, 0.2) is 0 Å². The lowest BCUT2D eigenvalue weighted by molar-refractivity contribution is -0.114. The second kappa shape index (κ2) is 5.81. The van der Waals surface area contributed by atoms with Crippen molar-refractivity contribution in [2.24, 2.45) is 0 Å². The van der Waals surface area contributed by atoms with Crippen molar-refractivity contribution < 1.29 is 9.84 Å². The van der Waals surface area contributed by atoms with Crippen LogP contribution in [-0.2, 0) is 4.74 Å². The minimum Gasteiger partial charge on any atom is -0.385 e. The molecule has 0 bridgehead atoms. The number of ether oxygens (including phenoxy) is 1.